The summed E-state index contributed by atoms with van der Waals surface area (Å²) < 4.78 is 12.5. The molecule has 0 aliphatic carbocycles. The van der Waals surface area contributed by atoms with Crippen LogP contribution in [0.25, 0.3) is 0 Å². The third-order valence-corrected chi connectivity index (χ3v) is 10.6. The van der Waals surface area contributed by atoms with Crippen LogP contribution in [0.5, 0.6) is 5.88 Å². The third-order valence-electron chi connectivity index (χ3n) is 7.39. The number of benzene rings is 2. The highest BCUT2D eigenvalue weighted by Crippen LogP contribution is 2.57. The van der Waals surface area contributed by atoms with Crippen molar-refractivity contribution >= 4 is 35.2 Å². The minimum Gasteiger partial charge on any atom is -0.460 e. The van der Waals surface area contributed by atoms with E-state index in [1.54, 1.807) is 11.9 Å². The zero-order chi connectivity index (χ0) is 30.4. The highest BCUT2D eigenvalue weighted by Gasteiger charge is 2.59. The number of nitrogens with zero attached hydrogens (tertiary/aromatic N) is 4. The molecule has 1 fully saturated rings. The van der Waals surface area contributed by atoms with E-state index in [9.17, 15) is 14.4 Å². The summed E-state index contributed by atoms with van der Waals surface area (Å²) in [4.78, 5) is 45.8. The molecule has 42 heavy (non-hydrogen) atoms. The fourth-order valence-corrected chi connectivity index (χ4v) is 7.93. The van der Waals surface area contributed by atoms with Crippen molar-refractivity contribution in [2.24, 2.45) is 12.5 Å². The molecule has 0 spiro atoms. The Morgan fingerprint density at radius 1 is 1.05 bits per heavy atom. The first-order valence-corrected chi connectivity index (χ1v) is 15.3. The highest BCUT2D eigenvalue weighted by atomic mass is 32.2. The SMILES string of the molecule is CO[C@H]1C(=O)N2C(C(=O)C(C)(C)C)=C(C)C(C)(Sc3nc(=O)c(OC(c4ccccc4)c4ccccc4)nn3C)S[C@H]12. The molecule has 1 amide bonds. The Kier molecular flexibility index (Phi) is 8.12. The number of ketones is 1. The molecule has 1 unspecified atom stereocenters. The number of aromatic nitrogens is 3. The van der Waals surface area contributed by atoms with Crippen LogP contribution in [-0.4, -0.2) is 54.0 Å². The summed E-state index contributed by atoms with van der Waals surface area (Å²) in [5.74, 6) is -0.474. The number of amides is 1. The van der Waals surface area contributed by atoms with Crippen LogP contribution in [0.15, 0.2) is 81.9 Å². The van der Waals surface area contributed by atoms with Crippen molar-refractivity contribution < 1.29 is 19.1 Å². The third kappa shape index (κ3) is 5.41. The Bertz CT molecular complexity index is 1560. The van der Waals surface area contributed by atoms with Crippen molar-refractivity contribution in [3.63, 3.8) is 0 Å². The molecule has 5 rings (SSSR count). The summed E-state index contributed by atoms with van der Waals surface area (Å²) in [5, 5.41) is 4.46. The van der Waals surface area contributed by atoms with Crippen LogP contribution in [0.1, 0.15) is 51.8 Å². The monoisotopic (exact) mass is 606 g/mol. The zero-order valence-electron chi connectivity index (χ0n) is 24.7. The molecule has 0 radical (unpaired) electrons. The Hall–Kier alpha value is -3.41. The zero-order valence-corrected chi connectivity index (χ0v) is 26.3. The van der Waals surface area contributed by atoms with E-state index in [1.165, 1.54) is 35.3 Å². The van der Waals surface area contributed by atoms with Gasteiger partial charge in [-0.05, 0) is 30.5 Å². The molecule has 2 aliphatic heterocycles. The Morgan fingerprint density at radius 3 is 2.14 bits per heavy atom. The lowest BCUT2D eigenvalue weighted by Crippen LogP contribution is -2.67. The van der Waals surface area contributed by atoms with Crippen LogP contribution in [0, 0.1) is 5.41 Å². The number of carbonyl (C=O) groups excluding carboxylic acids is 2. The van der Waals surface area contributed by atoms with Gasteiger partial charge in [0.1, 0.15) is 5.37 Å². The fourth-order valence-electron chi connectivity index (χ4n) is 4.92. The van der Waals surface area contributed by atoms with Crippen LogP contribution in [0.2, 0.25) is 0 Å². The first-order chi connectivity index (χ1) is 19.9. The number of thioether (sulfide) groups is 2. The maximum atomic E-state index is 13.6. The van der Waals surface area contributed by atoms with E-state index in [0.29, 0.717) is 10.9 Å². The molecule has 0 N–H and O–H groups in total. The number of Topliss-reactive ketones (excluding diaryl/α,β-unsaturated/α-hetero) is 1. The summed E-state index contributed by atoms with van der Waals surface area (Å²) in [7, 11) is 3.20. The van der Waals surface area contributed by atoms with Crippen LogP contribution in [0.4, 0.5) is 0 Å². The lowest BCUT2D eigenvalue weighted by Gasteiger charge is -2.54. The molecule has 11 heteroatoms. The maximum absolute atomic E-state index is 13.6. The molecule has 3 aromatic rings. The number of rotatable bonds is 8. The molecular formula is C31H34N4O5S2. The predicted octanol–water partition coefficient (Wildman–Crippen LogP) is 4.97. The van der Waals surface area contributed by atoms with Gasteiger partial charge in [0.25, 0.3) is 5.91 Å². The van der Waals surface area contributed by atoms with Crippen LogP contribution in [-0.2, 0) is 21.4 Å². The number of methoxy groups -OCH3 is 1. The number of allylic oxidation sites excluding steroid dienone is 1. The predicted molar refractivity (Wildman–Crippen MR) is 163 cm³/mol. The number of carbonyl (C=O) groups is 2. The van der Waals surface area contributed by atoms with Gasteiger partial charge in [0.05, 0.1) is 9.78 Å². The number of ether oxygens (including phenoxy) is 2. The summed E-state index contributed by atoms with van der Waals surface area (Å²) >= 11 is 2.81. The van der Waals surface area contributed by atoms with Gasteiger partial charge in [-0.25, -0.2) is 4.68 Å². The molecule has 2 aromatic carbocycles. The van der Waals surface area contributed by atoms with Gasteiger partial charge in [-0.1, -0.05) is 93.2 Å². The highest BCUT2D eigenvalue weighted by molar-refractivity contribution is 8.18. The molecule has 1 aromatic heterocycles. The largest absolute Gasteiger partial charge is 0.460 e. The van der Waals surface area contributed by atoms with Crippen LogP contribution >= 0.6 is 23.5 Å². The number of aryl methyl sites for hydroxylation is 1. The first-order valence-electron chi connectivity index (χ1n) is 13.6. The maximum Gasteiger partial charge on any atom is 0.336 e. The lowest BCUT2D eigenvalue weighted by molar-refractivity contribution is -0.160. The molecular weight excluding hydrogens is 572 g/mol. The van der Waals surface area contributed by atoms with E-state index in [1.807, 2.05) is 95.3 Å². The molecule has 1 saturated heterocycles. The van der Waals surface area contributed by atoms with Crippen molar-refractivity contribution in [2.75, 3.05) is 7.11 Å². The lowest BCUT2D eigenvalue weighted by atomic mass is 9.85. The Morgan fingerprint density at radius 2 is 1.62 bits per heavy atom. The molecule has 9 nitrogen and oxygen atoms in total. The minimum absolute atomic E-state index is 0.118. The number of hydrogen-bond donors (Lipinski definition) is 0. The fraction of sp³-hybridized carbons (Fsp3) is 0.387. The Balaban J connectivity index is 1.50. The van der Waals surface area contributed by atoms with Crippen LogP contribution in [0.3, 0.4) is 0 Å². The normalized spacial score (nSPS) is 22.2. The Labute approximate surface area is 253 Å². The van der Waals surface area contributed by atoms with Gasteiger partial charge in [-0.15, -0.1) is 16.9 Å². The topological polar surface area (TPSA) is 104 Å². The quantitative estimate of drug-likeness (QED) is 0.329. The molecule has 2 aliphatic rings. The number of β-lactam (4-membered cyclic amide) rings is 1. The van der Waals surface area contributed by atoms with Crippen molar-refractivity contribution in [1.82, 2.24) is 19.7 Å². The molecule has 3 heterocycles. The molecule has 0 bridgehead atoms. The summed E-state index contributed by atoms with van der Waals surface area (Å²) in [6.45, 7) is 9.33. The number of hydrogen-bond acceptors (Lipinski definition) is 9. The number of fused-ring (bicyclic) bond motifs is 1. The van der Waals surface area contributed by atoms with E-state index < -0.39 is 27.3 Å². The molecule has 0 saturated carbocycles. The second-order valence-corrected chi connectivity index (χ2v) is 14.6. The standard InChI is InChI=1S/C31H34N4O5S2/c1-18-21(24(36)30(2,3)4)35-27(38)23(39-7)28(35)41-31(18,5)42-29-32-25(37)26(33-34(29)6)40-22(19-14-10-8-11-15-19)20-16-12-9-13-17-20/h8-17,22-23,28H,1-7H3/t23-,28+,31?/m0/s1. The summed E-state index contributed by atoms with van der Waals surface area (Å²) in [5.41, 5.74) is 1.56. The average molecular weight is 607 g/mol. The van der Waals surface area contributed by atoms with Crippen molar-refractivity contribution in [3.05, 3.63) is 93.4 Å². The van der Waals surface area contributed by atoms with E-state index in [4.69, 9.17) is 9.47 Å². The van der Waals surface area contributed by atoms with Gasteiger partial charge in [0, 0.05) is 19.6 Å². The minimum atomic E-state index is -0.743. The second kappa shape index (κ2) is 11.3. The van der Waals surface area contributed by atoms with E-state index in [-0.39, 0.29) is 22.9 Å². The van der Waals surface area contributed by atoms with Gasteiger partial charge in [-0.2, -0.15) is 4.98 Å². The molecule has 220 valence electrons. The van der Waals surface area contributed by atoms with E-state index in [2.05, 4.69) is 10.1 Å². The average Bonchev–Trinajstić information content (AvgIpc) is 2.96. The summed E-state index contributed by atoms with van der Waals surface area (Å²) in [6.07, 6.45) is -1.21. The van der Waals surface area contributed by atoms with Gasteiger partial charge >= 0.3 is 11.4 Å². The van der Waals surface area contributed by atoms with Gasteiger partial charge < -0.3 is 9.47 Å². The summed E-state index contributed by atoms with van der Waals surface area (Å²) in [6, 6.07) is 19.3. The van der Waals surface area contributed by atoms with Crippen molar-refractivity contribution in [1.29, 1.82) is 0 Å². The van der Waals surface area contributed by atoms with Crippen molar-refractivity contribution in [3.8, 4) is 5.88 Å². The molecule has 3 atom stereocenters. The first kappa shape index (κ1) is 30.1. The van der Waals surface area contributed by atoms with E-state index >= 15 is 0 Å². The van der Waals surface area contributed by atoms with Crippen molar-refractivity contribution in [2.45, 2.75) is 61.4 Å². The van der Waals surface area contributed by atoms with Gasteiger partial charge in [-0.3, -0.25) is 19.3 Å². The van der Waals surface area contributed by atoms with Crippen LogP contribution < -0.4 is 10.3 Å². The van der Waals surface area contributed by atoms with Gasteiger partial charge in [0.2, 0.25) is 0 Å². The van der Waals surface area contributed by atoms with E-state index in [0.717, 1.165) is 16.7 Å². The second-order valence-electron chi connectivity index (χ2n) is 11.4. The smallest absolute Gasteiger partial charge is 0.336 e. The van der Waals surface area contributed by atoms with Gasteiger partial charge in [0.15, 0.2) is 23.1 Å².